The van der Waals surface area contributed by atoms with Gasteiger partial charge in [0.25, 0.3) is 5.01 Å². The largest absolute Gasteiger partial charge is 0.403 e. The molecule has 5 aromatic rings. The lowest BCUT2D eigenvalue weighted by atomic mass is 10.1. The highest BCUT2D eigenvalue weighted by atomic mass is 32.1. The Balaban J connectivity index is 1.87. The summed E-state index contributed by atoms with van der Waals surface area (Å²) in [4.78, 5) is 0. The summed E-state index contributed by atoms with van der Waals surface area (Å²) < 4.78 is 9.71. The van der Waals surface area contributed by atoms with Crippen molar-refractivity contribution in [2.75, 3.05) is 0 Å². The molecule has 0 spiro atoms. The van der Waals surface area contributed by atoms with Crippen molar-refractivity contribution in [2.45, 2.75) is 6.92 Å². The van der Waals surface area contributed by atoms with Gasteiger partial charge in [0, 0.05) is 10.8 Å². The quantitative estimate of drug-likeness (QED) is 0.366. The smallest absolute Gasteiger partial charge is 0.393 e. The zero-order chi connectivity index (χ0) is 16.3. The van der Waals surface area contributed by atoms with E-state index in [9.17, 15) is 0 Å². The fourth-order valence-corrected chi connectivity index (χ4v) is 4.70. The van der Waals surface area contributed by atoms with E-state index in [2.05, 4.69) is 79.2 Å². The molecule has 0 bridgehead atoms. The molecule has 116 valence electrons. The molecule has 2 heterocycles. The summed E-state index contributed by atoms with van der Waals surface area (Å²) in [5.74, 6) is 0. The Hall–Kier alpha value is -2.65. The van der Waals surface area contributed by atoms with Crippen molar-refractivity contribution in [2.24, 2.45) is 7.05 Å². The van der Waals surface area contributed by atoms with Gasteiger partial charge in [0.05, 0.1) is 5.56 Å². The standard InChI is InChI=1S/C21H16NOS/c1-13-7-3-5-9-15(13)21-22(2)20-19(24-21)17-12-11-14-8-4-6-10-16(14)18(17)23-20/h3-12H,1-2H3/q+1. The molecule has 0 saturated heterocycles. The molecular formula is C21H16NOS+. The number of hydrogen-bond donors (Lipinski definition) is 0. The van der Waals surface area contributed by atoms with Crippen LogP contribution in [0.1, 0.15) is 5.56 Å². The summed E-state index contributed by atoms with van der Waals surface area (Å²) in [6.45, 7) is 2.16. The Kier molecular flexibility index (Phi) is 2.82. The van der Waals surface area contributed by atoms with Crippen LogP contribution in [0, 0.1) is 6.92 Å². The Morgan fingerprint density at radius 1 is 0.875 bits per heavy atom. The number of thiazole rings is 1. The lowest BCUT2D eigenvalue weighted by molar-refractivity contribution is -0.636. The second-order valence-electron chi connectivity index (χ2n) is 6.18. The molecule has 0 fully saturated rings. The maximum atomic E-state index is 6.31. The van der Waals surface area contributed by atoms with Crippen molar-refractivity contribution < 1.29 is 8.98 Å². The van der Waals surface area contributed by atoms with Crippen molar-refractivity contribution in [3.8, 4) is 10.6 Å². The zero-order valence-corrected chi connectivity index (χ0v) is 14.4. The fourth-order valence-electron chi connectivity index (χ4n) is 3.42. The van der Waals surface area contributed by atoms with Crippen molar-refractivity contribution in [3.63, 3.8) is 0 Å². The van der Waals surface area contributed by atoms with Gasteiger partial charge in [-0.15, -0.1) is 0 Å². The molecule has 2 nitrogen and oxygen atoms in total. The second-order valence-corrected chi connectivity index (χ2v) is 7.18. The van der Waals surface area contributed by atoms with E-state index in [0.717, 1.165) is 11.3 Å². The van der Waals surface area contributed by atoms with Gasteiger partial charge in [-0.2, -0.15) is 4.57 Å². The summed E-state index contributed by atoms with van der Waals surface area (Å²) >= 11 is 1.81. The van der Waals surface area contributed by atoms with Gasteiger partial charge in [0.15, 0.2) is 10.3 Å². The van der Waals surface area contributed by atoms with Crippen LogP contribution < -0.4 is 4.57 Å². The summed E-state index contributed by atoms with van der Waals surface area (Å²) in [6, 6.07) is 21.3. The Morgan fingerprint density at radius 3 is 2.54 bits per heavy atom. The SMILES string of the molecule is Cc1ccccc1-c1sc2c3ccc4ccccc4c3oc2[n+]1C. The molecular weight excluding hydrogens is 314 g/mol. The molecule has 0 aliphatic rings. The summed E-state index contributed by atoms with van der Waals surface area (Å²) in [6.07, 6.45) is 0. The van der Waals surface area contributed by atoms with Crippen LogP contribution in [-0.2, 0) is 7.05 Å². The van der Waals surface area contributed by atoms with Crippen LogP contribution in [0.5, 0.6) is 0 Å². The van der Waals surface area contributed by atoms with Gasteiger partial charge >= 0.3 is 5.71 Å². The fraction of sp³-hybridized carbons (Fsp3) is 0.0952. The minimum atomic E-state index is 0.949. The van der Waals surface area contributed by atoms with E-state index in [-0.39, 0.29) is 0 Å². The Morgan fingerprint density at radius 2 is 1.67 bits per heavy atom. The lowest BCUT2D eigenvalue weighted by Gasteiger charge is -1.99. The number of rotatable bonds is 1. The van der Waals surface area contributed by atoms with Crippen LogP contribution >= 0.6 is 11.3 Å². The third-order valence-electron chi connectivity index (χ3n) is 4.70. The van der Waals surface area contributed by atoms with E-state index < -0.39 is 0 Å². The molecule has 0 unspecified atom stereocenters. The highest BCUT2D eigenvalue weighted by molar-refractivity contribution is 7.22. The monoisotopic (exact) mass is 330 g/mol. The van der Waals surface area contributed by atoms with Crippen LogP contribution in [0.3, 0.4) is 0 Å². The Bertz CT molecular complexity index is 1230. The van der Waals surface area contributed by atoms with Gasteiger partial charge in [-0.05, 0) is 30.0 Å². The zero-order valence-electron chi connectivity index (χ0n) is 13.5. The number of aryl methyl sites for hydroxylation is 2. The molecule has 3 heteroatoms. The summed E-state index contributed by atoms with van der Waals surface area (Å²) in [7, 11) is 2.09. The first-order valence-corrected chi connectivity index (χ1v) is 8.84. The maximum absolute atomic E-state index is 6.31. The molecule has 3 aromatic carbocycles. The van der Waals surface area contributed by atoms with Crippen molar-refractivity contribution in [1.29, 1.82) is 0 Å². The van der Waals surface area contributed by atoms with Gasteiger partial charge in [0.1, 0.15) is 7.05 Å². The molecule has 0 aliphatic carbocycles. The number of benzene rings is 3. The molecule has 0 aliphatic heterocycles. The first-order valence-electron chi connectivity index (χ1n) is 8.03. The van der Waals surface area contributed by atoms with Crippen LogP contribution in [0.15, 0.2) is 65.1 Å². The van der Waals surface area contributed by atoms with Gasteiger partial charge < -0.3 is 4.42 Å². The molecule has 5 rings (SSSR count). The molecule has 0 radical (unpaired) electrons. The van der Waals surface area contributed by atoms with E-state index >= 15 is 0 Å². The number of fused-ring (bicyclic) bond motifs is 5. The number of hydrogen-bond acceptors (Lipinski definition) is 2. The molecule has 24 heavy (non-hydrogen) atoms. The van der Waals surface area contributed by atoms with Crippen molar-refractivity contribution in [3.05, 3.63) is 66.2 Å². The van der Waals surface area contributed by atoms with Crippen LogP contribution in [0.2, 0.25) is 0 Å². The number of nitrogens with zero attached hydrogens (tertiary/aromatic N) is 1. The van der Waals surface area contributed by atoms with E-state index in [1.807, 2.05) is 0 Å². The first kappa shape index (κ1) is 13.8. The first-order chi connectivity index (χ1) is 11.7. The average molecular weight is 330 g/mol. The Labute approximate surface area is 143 Å². The molecule has 0 saturated carbocycles. The predicted octanol–water partition coefficient (Wildman–Crippen LogP) is 5.60. The minimum Gasteiger partial charge on any atom is -0.403 e. The molecule has 0 atom stereocenters. The molecule has 2 aromatic heterocycles. The van der Waals surface area contributed by atoms with Gasteiger partial charge in [-0.1, -0.05) is 59.9 Å². The average Bonchev–Trinajstić information content (AvgIpc) is 3.13. The molecule has 0 N–H and O–H groups in total. The van der Waals surface area contributed by atoms with Crippen molar-refractivity contribution in [1.82, 2.24) is 0 Å². The predicted molar refractivity (Wildman–Crippen MR) is 100 cm³/mol. The number of furan rings is 1. The van der Waals surface area contributed by atoms with Gasteiger partial charge in [-0.25, -0.2) is 0 Å². The second kappa shape index (κ2) is 4.92. The van der Waals surface area contributed by atoms with Gasteiger partial charge in [-0.3, -0.25) is 0 Å². The topological polar surface area (TPSA) is 17.0 Å². The number of aromatic nitrogens is 1. The minimum absolute atomic E-state index is 0.949. The van der Waals surface area contributed by atoms with Gasteiger partial charge in [0.2, 0.25) is 0 Å². The van der Waals surface area contributed by atoms with E-state index in [1.54, 1.807) is 11.3 Å². The van der Waals surface area contributed by atoms with Crippen LogP contribution in [0.4, 0.5) is 0 Å². The van der Waals surface area contributed by atoms with E-state index in [1.165, 1.54) is 37.0 Å². The summed E-state index contributed by atoms with van der Waals surface area (Å²) in [5.41, 5.74) is 4.49. The third-order valence-corrected chi connectivity index (χ3v) is 5.99. The summed E-state index contributed by atoms with van der Waals surface area (Å²) in [5, 5.41) is 4.82. The van der Waals surface area contributed by atoms with Crippen LogP contribution in [-0.4, -0.2) is 0 Å². The third kappa shape index (κ3) is 1.79. The lowest BCUT2D eigenvalue weighted by Crippen LogP contribution is -2.28. The highest BCUT2D eigenvalue weighted by Crippen LogP contribution is 2.38. The normalized spacial score (nSPS) is 11.8. The maximum Gasteiger partial charge on any atom is 0.393 e. The van der Waals surface area contributed by atoms with Crippen LogP contribution in [0.25, 0.3) is 42.7 Å². The van der Waals surface area contributed by atoms with E-state index in [0.29, 0.717) is 0 Å². The van der Waals surface area contributed by atoms with Crippen molar-refractivity contribution >= 4 is 43.5 Å². The highest BCUT2D eigenvalue weighted by Gasteiger charge is 2.26. The molecule has 0 amide bonds. The van der Waals surface area contributed by atoms with E-state index in [4.69, 9.17) is 4.42 Å².